The molecule has 3 aliphatic rings. The van der Waals surface area contributed by atoms with Crippen LogP contribution in [0, 0.1) is 0 Å². The highest BCUT2D eigenvalue weighted by atomic mass is 16.7. The summed E-state index contributed by atoms with van der Waals surface area (Å²) in [7, 11) is 0. The Morgan fingerprint density at radius 1 is 1.17 bits per heavy atom. The Kier molecular flexibility index (Phi) is 2.54. The van der Waals surface area contributed by atoms with E-state index in [0.29, 0.717) is 17.6 Å². The van der Waals surface area contributed by atoms with Crippen LogP contribution in [0.3, 0.4) is 0 Å². The molecule has 1 amide bonds. The van der Waals surface area contributed by atoms with Crippen molar-refractivity contribution in [1.82, 2.24) is 10.5 Å². The number of nitrogens with zero attached hydrogens (tertiary/aromatic N) is 1. The number of benzene rings is 1. The second-order valence-corrected chi connectivity index (χ2v) is 6.47. The van der Waals surface area contributed by atoms with Gasteiger partial charge in [0.1, 0.15) is 0 Å². The molecule has 2 aromatic rings. The minimum atomic E-state index is -0.485. The first kappa shape index (κ1) is 13.0. The van der Waals surface area contributed by atoms with Crippen molar-refractivity contribution in [3.05, 3.63) is 30.0 Å². The summed E-state index contributed by atoms with van der Waals surface area (Å²) in [5.74, 6) is 2.17. The summed E-state index contributed by atoms with van der Waals surface area (Å²) < 4.78 is 16.2. The van der Waals surface area contributed by atoms with Crippen LogP contribution >= 0.6 is 0 Å². The molecule has 1 aromatic heterocycles. The van der Waals surface area contributed by atoms with Crippen LogP contribution in [0.1, 0.15) is 31.4 Å². The van der Waals surface area contributed by atoms with Crippen LogP contribution in [0.25, 0.3) is 11.3 Å². The molecule has 0 unspecified atom stereocenters. The third kappa shape index (κ3) is 2.09. The van der Waals surface area contributed by atoms with Gasteiger partial charge in [-0.2, -0.15) is 0 Å². The van der Waals surface area contributed by atoms with Gasteiger partial charge in [0.05, 0.1) is 11.1 Å². The quantitative estimate of drug-likeness (QED) is 0.938. The van der Waals surface area contributed by atoms with Crippen LogP contribution in [-0.2, 0) is 10.2 Å². The van der Waals surface area contributed by atoms with Gasteiger partial charge in [-0.1, -0.05) is 5.16 Å². The lowest BCUT2D eigenvalue weighted by Crippen LogP contribution is -2.36. The molecule has 2 aliphatic carbocycles. The van der Waals surface area contributed by atoms with Gasteiger partial charge >= 0.3 is 0 Å². The standard InChI is InChI=1S/C17H16N2O4/c20-16(18-11-2-3-11)17(5-6-17)15-8-13(23-19-15)10-1-4-12-14(7-10)22-9-21-12/h1,4,7-8,11H,2-3,5-6,9H2,(H,18,20). The van der Waals surface area contributed by atoms with E-state index in [1.165, 1.54) is 0 Å². The average molecular weight is 312 g/mol. The minimum Gasteiger partial charge on any atom is -0.454 e. The fourth-order valence-corrected chi connectivity index (χ4v) is 2.96. The topological polar surface area (TPSA) is 73.6 Å². The molecular formula is C17H16N2O4. The Balaban J connectivity index is 1.43. The Bertz CT molecular complexity index is 790. The van der Waals surface area contributed by atoms with Crippen LogP contribution in [0.15, 0.2) is 28.8 Å². The lowest BCUT2D eigenvalue weighted by molar-refractivity contribution is -0.123. The maximum absolute atomic E-state index is 12.4. The van der Waals surface area contributed by atoms with Gasteiger partial charge in [-0.05, 0) is 43.9 Å². The summed E-state index contributed by atoms with van der Waals surface area (Å²) >= 11 is 0. The van der Waals surface area contributed by atoms with Crippen molar-refractivity contribution in [3.8, 4) is 22.8 Å². The largest absolute Gasteiger partial charge is 0.454 e. The van der Waals surface area contributed by atoms with Crippen molar-refractivity contribution >= 4 is 5.91 Å². The van der Waals surface area contributed by atoms with Gasteiger partial charge in [-0.25, -0.2) is 0 Å². The zero-order valence-electron chi connectivity index (χ0n) is 12.5. The Labute approximate surface area is 132 Å². The van der Waals surface area contributed by atoms with Crippen molar-refractivity contribution in [2.45, 2.75) is 37.1 Å². The second kappa shape index (κ2) is 4.50. The first-order valence-electron chi connectivity index (χ1n) is 7.93. The van der Waals surface area contributed by atoms with Crippen molar-refractivity contribution in [1.29, 1.82) is 0 Å². The predicted octanol–water partition coefficient (Wildman–Crippen LogP) is 2.38. The maximum Gasteiger partial charge on any atom is 0.232 e. The SMILES string of the molecule is O=C(NC1CC1)C1(c2cc(-c3ccc4c(c3)OCO4)on2)CC1. The van der Waals surface area contributed by atoms with Crippen molar-refractivity contribution < 1.29 is 18.8 Å². The number of hydrogen-bond acceptors (Lipinski definition) is 5. The van der Waals surface area contributed by atoms with E-state index in [-0.39, 0.29) is 12.7 Å². The number of aromatic nitrogens is 1. The van der Waals surface area contributed by atoms with Gasteiger partial charge in [-0.15, -0.1) is 0 Å². The van der Waals surface area contributed by atoms with Crippen LogP contribution in [0.2, 0.25) is 0 Å². The molecule has 5 rings (SSSR count). The first-order chi connectivity index (χ1) is 11.2. The molecule has 0 radical (unpaired) electrons. The molecule has 6 heteroatoms. The lowest BCUT2D eigenvalue weighted by atomic mass is 10.00. The molecule has 23 heavy (non-hydrogen) atoms. The molecule has 2 saturated carbocycles. The van der Waals surface area contributed by atoms with E-state index < -0.39 is 5.41 Å². The lowest BCUT2D eigenvalue weighted by Gasteiger charge is -2.11. The molecule has 0 bridgehead atoms. The fourth-order valence-electron chi connectivity index (χ4n) is 2.96. The molecule has 1 aliphatic heterocycles. The monoisotopic (exact) mass is 312 g/mol. The van der Waals surface area contributed by atoms with Gasteiger partial charge in [0.15, 0.2) is 17.3 Å². The minimum absolute atomic E-state index is 0.0885. The zero-order chi connectivity index (χ0) is 15.4. The number of ether oxygens (including phenoxy) is 2. The van der Waals surface area contributed by atoms with Crippen LogP contribution in [0.5, 0.6) is 11.5 Å². The number of carbonyl (C=O) groups excluding carboxylic acids is 1. The number of hydrogen-bond donors (Lipinski definition) is 1. The summed E-state index contributed by atoms with van der Waals surface area (Å²) in [5.41, 5.74) is 1.11. The van der Waals surface area contributed by atoms with Crippen LogP contribution in [-0.4, -0.2) is 23.9 Å². The van der Waals surface area contributed by atoms with E-state index >= 15 is 0 Å². The molecule has 0 saturated heterocycles. The molecule has 1 N–H and O–H groups in total. The van der Waals surface area contributed by atoms with Gasteiger partial charge in [-0.3, -0.25) is 4.79 Å². The van der Waals surface area contributed by atoms with Gasteiger partial charge < -0.3 is 19.3 Å². The summed E-state index contributed by atoms with van der Waals surface area (Å²) in [6.07, 6.45) is 3.84. The number of rotatable bonds is 4. The van der Waals surface area contributed by atoms with Crippen molar-refractivity contribution in [2.24, 2.45) is 0 Å². The second-order valence-electron chi connectivity index (χ2n) is 6.47. The third-order valence-corrected chi connectivity index (χ3v) is 4.75. The highest BCUT2D eigenvalue weighted by Crippen LogP contribution is 2.49. The van der Waals surface area contributed by atoms with Crippen LogP contribution in [0.4, 0.5) is 0 Å². The maximum atomic E-state index is 12.4. The van der Waals surface area contributed by atoms with Crippen molar-refractivity contribution in [3.63, 3.8) is 0 Å². The molecule has 0 spiro atoms. The number of fused-ring (bicyclic) bond motifs is 1. The third-order valence-electron chi connectivity index (χ3n) is 4.75. The average Bonchev–Trinajstić information content (AvgIpc) is 3.45. The summed E-state index contributed by atoms with van der Waals surface area (Å²) in [6.45, 7) is 0.241. The molecule has 118 valence electrons. The van der Waals surface area contributed by atoms with Crippen LogP contribution < -0.4 is 14.8 Å². The van der Waals surface area contributed by atoms with E-state index in [1.54, 1.807) is 0 Å². The summed E-state index contributed by atoms with van der Waals surface area (Å²) in [4.78, 5) is 12.4. The Morgan fingerprint density at radius 3 is 2.78 bits per heavy atom. The highest BCUT2D eigenvalue weighted by Gasteiger charge is 2.54. The molecule has 2 heterocycles. The van der Waals surface area contributed by atoms with E-state index in [4.69, 9.17) is 14.0 Å². The van der Waals surface area contributed by atoms with Gasteiger partial charge in [0.2, 0.25) is 12.7 Å². The number of nitrogens with one attached hydrogen (secondary N) is 1. The number of carbonyl (C=O) groups is 1. The molecule has 0 atom stereocenters. The van der Waals surface area contributed by atoms with Crippen molar-refractivity contribution in [2.75, 3.05) is 6.79 Å². The molecule has 1 aromatic carbocycles. The Morgan fingerprint density at radius 2 is 2.00 bits per heavy atom. The smallest absolute Gasteiger partial charge is 0.232 e. The highest BCUT2D eigenvalue weighted by molar-refractivity contribution is 5.91. The Hall–Kier alpha value is -2.50. The van der Waals surface area contributed by atoms with Gasteiger partial charge in [0.25, 0.3) is 0 Å². The summed E-state index contributed by atoms with van der Waals surface area (Å²) in [6, 6.07) is 7.86. The normalized spacial score (nSPS) is 20.3. The summed E-state index contributed by atoms with van der Waals surface area (Å²) in [5, 5.41) is 7.24. The molecule has 6 nitrogen and oxygen atoms in total. The van der Waals surface area contributed by atoms with Gasteiger partial charge in [0, 0.05) is 17.7 Å². The van der Waals surface area contributed by atoms with E-state index in [1.807, 2.05) is 24.3 Å². The van der Waals surface area contributed by atoms with E-state index in [2.05, 4.69) is 10.5 Å². The van der Waals surface area contributed by atoms with E-state index in [0.717, 1.165) is 42.7 Å². The predicted molar refractivity (Wildman–Crippen MR) is 80.1 cm³/mol. The molecule has 2 fully saturated rings. The fraction of sp³-hybridized carbons (Fsp3) is 0.412. The molecular weight excluding hydrogens is 296 g/mol. The first-order valence-corrected chi connectivity index (χ1v) is 7.93. The number of amides is 1. The zero-order valence-corrected chi connectivity index (χ0v) is 12.5. The van der Waals surface area contributed by atoms with E-state index in [9.17, 15) is 4.79 Å².